The van der Waals surface area contributed by atoms with Crippen LogP contribution >= 0.6 is 0 Å². The molecule has 1 saturated heterocycles. The maximum absolute atomic E-state index is 3.70. The van der Waals surface area contributed by atoms with E-state index in [2.05, 4.69) is 72.6 Å². The molecule has 0 bridgehead atoms. The third-order valence-electron chi connectivity index (χ3n) is 4.92. The molecule has 1 aliphatic rings. The summed E-state index contributed by atoms with van der Waals surface area (Å²) in [5.74, 6) is 0. The fraction of sp³-hybridized carbons (Fsp3) is 0.429. The fourth-order valence-corrected chi connectivity index (χ4v) is 3.57. The number of aryl methyl sites for hydroxylation is 2. The van der Waals surface area contributed by atoms with Crippen molar-refractivity contribution in [2.45, 2.75) is 39.3 Å². The zero-order valence-corrected chi connectivity index (χ0v) is 14.4. The molecule has 1 aliphatic heterocycles. The van der Waals surface area contributed by atoms with Crippen LogP contribution in [0.1, 0.15) is 41.1 Å². The molecular formula is C21H28N2. The van der Waals surface area contributed by atoms with Crippen molar-refractivity contribution in [1.82, 2.24) is 10.2 Å². The molecule has 1 heterocycles. The van der Waals surface area contributed by atoms with E-state index >= 15 is 0 Å². The minimum atomic E-state index is 0.490. The van der Waals surface area contributed by atoms with Crippen molar-refractivity contribution in [1.29, 1.82) is 0 Å². The van der Waals surface area contributed by atoms with Crippen LogP contribution in [0.15, 0.2) is 48.5 Å². The number of nitrogens with zero attached hydrogens (tertiary/aromatic N) is 1. The quantitative estimate of drug-likeness (QED) is 0.859. The molecule has 2 aromatic rings. The SMILES string of the molecule is Cc1ccc(CNCC(c2ccccc2)N2CCCC2)c(C)c1. The maximum atomic E-state index is 3.70. The highest BCUT2D eigenvalue weighted by molar-refractivity contribution is 5.30. The molecule has 2 aromatic carbocycles. The van der Waals surface area contributed by atoms with Crippen LogP contribution in [0.3, 0.4) is 0 Å². The normalized spacial score (nSPS) is 16.6. The van der Waals surface area contributed by atoms with Crippen LogP contribution < -0.4 is 5.32 Å². The Labute approximate surface area is 140 Å². The topological polar surface area (TPSA) is 15.3 Å². The molecule has 23 heavy (non-hydrogen) atoms. The van der Waals surface area contributed by atoms with E-state index < -0.39 is 0 Å². The highest BCUT2D eigenvalue weighted by Gasteiger charge is 2.22. The van der Waals surface area contributed by atoms with E-state index in [0.717, 1.165) is 13.1 Å². The second kappa shape index (κ2) is 7.76. The van der Waals surface area contributed by atoms with Crippen molar-refractivity contribution < 1.29 is 0 Å². The number of benzene rings is 2. The average molecular weight is 308 g/mol. The fourth-order valence-electron chi connectivity index (χ4n) is 3.57. The zero-order chi connectivity index (χ0) is 16.1. The van der Waals surface area contributed by atoms with Crippen molar-refractivity contribution in [2.75, 3.05) is 19.6 Å². The van der Waals surface area contributed by atoms with Gasteiger partial charge in [-0.2, -0.15) is 0 Å². The zero-order valence-electron chi connectivity index (χ0n) is 14.4. The second-order valence-electron chi connectivity index (χ2n) is 6.73. The van der Waals surface area contributed by atoms with E-state index in [1.807, 2.05) is 0 Å². The van der Waals surface area contributed by atoms with Crippen molar-refractivity contribution in [3.05, 3.63) is 70.8 Å². The number of hydrogen-bond acceptors (Lipinski definition) is 2. The summed E-state index contributed by atoms with van der Waals surface area (Å²) in [6.45, 7) is 8.78. The molecule has 0 spiro atoms. The smallest absolute Gasteiger partial charge is 0.0472 e. The monoisotopic (exact) mass is 308 g/mol. The Bertz CT molecular complexity index is 615. The lowest BCUT2D eigenvalue weighted by molar-refractivity contribution is 0.238. The maximum Gasteiger partial charge on any atom is 0.0472 e. The third-order valence-corrected chi connectivity index (χ3v) is 4.92. The summed E-state index contributed by atoms with van der Waals surface area (Å²) in [4.78, 5) is 2.63. The highest BCUT2D eigenvalue weighted by atomic mass is 15.2. The van der Waals surface area contributed by atoms with Gasteiger partial charge in [0.1, 0.15) is 0 Å². The lowest BCUT2D eigenvalue weighted by Gasteiger charge is -2.28. The molecule has 1 fully saturated rings. The first kappa shape index (κ1) is 16.2. The van der Waals surface area contributed by atoms with Crippen molar-refractivity contribution in [3.63, 3.8) is 0 Å². The first-order chi connectivity index (χ1) is 11.2. The van der Waals surface area contributed by atoms with Gasteiger partial charge in [0.2, 0.25) is 0 Å². The van der Waals surface area contributed by atoms with Crippen LogP contribution in [0.25, 0.3) is 0 Å². The Morgan fingerprint density at radius 2 is 1.74 bits per heavy atom. The Kier molecular flexibility index (Phi) is 5.47. The summed E-state index contributed by atoms with van der Waals surface area (Å²) < 4.78 is 0. The van der Waals surface area contributed by atoms with Crippen LogP contribution in [0.2, 0.25) is 0 Å². The molecule has 1 N–H and O–H groups in total. The Balaban J connectivity index is 1.64. The number of hydrogen-bond donors (Lipinski definition) is 1. The summed E-state index contributed by atoms with van der Waals surface area (Å²) in [5, 5.41) is 3.70. The predicted molar refractivity (Wildman–Crippen MR) is 97.6 cm³/mol. The van der Waals surface area contributed by atoms with Crippen LogP contribution in [-0.2, 0) is 6.54 Å². The molecule has 1 unspecified atom stereocenters. The van der Waals surface area contributed by atoms with Gasteiger partial charge in [0.05, 0.1) is 0 Å². The number of nitrogens with one attached hydrogen (secondary N) is 1. The van der Waals surface area contributed by atoms with Crippen LogP contribution in [0.4, 0.5) is 0 Å². The molecule has 2 heteroatoms. The molecule has 0 aromatic heterocycles. The van der Waals surface area contributed by atoms with Gasteiger partial charge in [-0.25, -0.2) is 0 Å². The largest absolute Gasteiger partial charge is 0.311 e. The third kappa shape index (κ3) is 4.21. The predicted octanol–water partition coefficient (Wildman–Crippen LogP) is 4.23. The molecule has 122 valence electrons. The minimum Gasteiger partial charge on any atom is -0.311 e. The van der Waals surface area contributed by atoms with E-state index in [4.69, 9.17) is 0 Å². The van der Waals surface area contributed by atoms with Crippen molar-refractivity contribution in [3.8, 4) is 0 Å². The summed E-state index contributed by atoms with van der Waals surface area (Å²) in [7, 11) is 0. The first-order valence-corrected chi connectivity index (χ1v) is 8.80. The molecule has 0 radical (unpaired) electrons. The second-order valence-corrected chi connectivity index (χ2v) is 6.73. The molecule has 3 rings (SSSR count). The minimum absolute atomic E-state index is 0.490. The Morgan fingerprint density at radius 1 is 1.00 bits per heavy atom. The van der Waals surface area contributed by atoms with Gasteiger partial charge in [-0.05, 0) is 56.5 Å². The van der Waals surface area contributed by atoms with Gasteiger partial charge in [-0.15, -0.1) is 0 Å². The van der Waals surface area contributed by atoms with Gasteiger partial charge in [0, 0.05) is 19.1 Å². The average Bonchev–Trinajstić information content (AvgIpc) is 3.08. The van der Waals surface area contributed by atoms with Crippen molar-refractivity contribution >= 4 is 0 Å². The molecule has 0 saturated carbocycles. The lowest BCUT2D eigenvalue weighted by atomic mass is 10.0. The number of rotatable bonds is 6. The summed E-state index contributed by atoms with van der Waals surface area (Å²) in [6, 6.07) is 18.2. The first-order valence-electron chi connectivity index (χ1n) is 8.80. The van der Waals surface area contributed by atoms with E-state index in [0.29, 0.717) is 6.04 Å². The van der Waals surface area contributed by atoms with Gasteiger partial charge < -0.3 is 5.32 Å². The highest BCUT2D eigenvalue weighted by Crippen LogP contribution is 2.24. The molecular weight excluding hydrogens is 280 g/mol. The molecule has 0 aliphatic carbocycles. The number of likely N-dealkylation sites (tertiary alicyclic amines) is 1. The Hall–Kier alpha value is -1.64. The van der Waals surface area contributed by atoms with Crippen molar-refractivity contribution in [2.24, 2.45) is 0 Å². The lowest BCUT2D eigenvalue weighted by Crippen LogP contribution is -2.34. The van der Waals surface area contributed by atoms with Gasteiger partial charge in [0.25, 0.3) is 0 Å². The summed E-state index contributed by atoms with van der Waals surface area (Å²) in [6.07, 6.45) is 2.67. The van der Waals surface area contributed by atoms with Crippen LogP contribution in [-0.4, -0.2) is 24.5 Å². The molecule has 2 nitrogen and oxygen atoms in total. The van der Waals surface area contributed by atoms with E-state index in [1.165, 1.54) is 48.2 Å². The van der Waals surface area contributed by atoms with Gasteiger partial charge in [-0.1, -0.05) is 54.1 Å². The Morgan fingerprint density at radius 3 is 2.43 bits per heavy atom. The van der Waals surface area contributed by atoms with Gasteiger partial charge in [-0.3, -0.25) is 4.90 Å². The van der Waals surface area contributed by atoms with Crippen LogP contribution in [0.5, 0.6) is 0 Å². The van der Waals surface area contributed by atoms with E-state index in [1.54, 1.807) is 0 Å². The van der Waals surface area contributed by atoms with Gasteiger partial charge in [0.15, 0.2) is 0 Å². The van der Waals surface area contributed by atoms with E-state index in [9.17, 15) is 0 Å². The molecule has 1 atom stereocenters. The molecule has 0 amide bonds. The van der Waals surface area contributed by atoms with Gasteiger partial charge >= 0.3 is 0 Å². The van der Waals surface area contributed by atoms with Crippen LogP contribution in [0, 0.1) is 13.8 Å². The van der Waals surface area contributed by atoms with E-state index in [-0.39, 0.29) is 0 Å². The summed E-state index contributed by atoms with van der Waals surface area (Å²) >= 11 is 0. The summed E-state index contributed by atoms with van der Waals surface area (Å²) in [5.41, 5.74) is 5.56. The standard InChI is InChI=1S/C21H28N2/c1-17-10-11-20(18(2)14-17)15-22-16-21(23-12-6-7-13-23)19-8-4-3-5-9-19/h3-5,8-11,14,21-22H,6-7,12-13,15-16H2,1-2H3.